The van der Waals surface area contributed by atoms with Crippen molar-refractivity contribution in [2.75, 3.05) is 0 Å². The molecule has 0 bridgehead atoms. The molecule has 0 fully saturated rings. The van der Waals surface area contributed by atoms with Crippen LogP contribution in [0, 0.1) is 0 Å². The second-order valence-corrected chi connectivity index (χ2v) is 11.0. The Morgan fingerprint density at radius 3 is 2.05 bits per heavy atom. The number of hydrogen-bond acceptors (Lipinski definition) is 0. The molecular formula is C39H26N3-. The van der Waals surface area contributed by atoms with Crippen LogP contribution in [0.25, 0.3) is 65.7 Å². The molecule has 3 nitrogen and oxygen atoms in total. The van der Waals surface area contributed by atoms with Gasteiger partial charge in [-0.25, -0.2) is 0 Å². The second kappa shape index (κ2) is 8.98. The SMILES string of the molecule is C1=C(c2cccc3c4ccccc4n(-c4ccc5ccccc5c4)c23)c2c(c3ccccc3n2-c2ccccc2)C[N-]1. The van der Waals surface area contributed by atoms with Crippen molar-refractivity contribution in [3.05, 3.63) is 168 Å². The van der Waals surface area contributed by atoms with E-state index in [1.54, 1.807) is 0 Å². The van der Waals surface area contributed by atoms with Crippen LogP contribution in [0.1, 0.15) is 16.8 Å². The fraction of sp³-hybridized carbons (Fsp3) is 0.0256. The molecule has 0 N–H and O–H groups in total. The van der Waals surface area contributed by atoms with E-state index in [9.17, 15) is 0 Å². The number of para-hydroxylation sites is 4. The summed E-state index contributed by atoms with van der Waals surface area (Å²) in [7, 11) is 0. The highest BCUT2D eigenvalue weighted by atomic mass is 15.0. The van der Waals surface area contributed by atoms with Crippen LogP contribution in [0.2, 0.25) is 0 Å². The maximum atomic E-state index is 4.95. The number of benzene rings is 6. The fourth-order valence-electron chi connectivity index (χ4n) is 6.90. The summed E-state index contributed by atoms with van der Waals surface area (Å²) in [6, 6.07) is 50.3. The molecule has 0 spiro atoms. The van der Waals surface area contributed by atoms with Crippen molar-refractivity contribution in [2.45, 2.75) is 6.54 Å². The summed E-state index contributed by atoms with van der Waals surface area (Å²) < 4.78 is 4.87. The first kappa shape index (κ1) is 23.2. The summed E-state index contributed by atoms with van der Waals surface area (Å²) in [5, 5.41) is 11.2. The molecule has 0 atom stereocenters. The minimum atomic E-state index is 0.669. The fourth-order valence-corrected chi connectivity index (χ4v) is 6.90. The average molecular weight is 537 g/mol. The summed E-state index contributed by atoms with van der Waals surface area (Å²) in [5.74, 6) is 0. The smallest absolute Gasteiger partial charge is 0.0619 e. The molecule has 42 heavy (non-hydrogen) atoms. The largest absolute Gasteiger partial charge is 0.686 e. The third kappa shape index (κ3) is 3.28. The number of fused-ring (bicyclic) bond motifs is 7. The van der Waals surface area contributed by atoms with E-state index in [4.69, 9.17) is 5.32 Å². The molecule has 0 amide bonds. The lowest BCUT2D eigenvalue weighted by atomic mass is 9.95. The lowest BCUT2D eigenvalue weighted by Crippen LogP contribution is -2.07. The van der Waals surface area contributed by atoms with Crippen LogP contribution in [0.3, 0.4) is 0 Å². The maximum Gasteiger partial charge on any atom is 0.0619 e. The Morgan fingerprint density at radius 1 is 0.500 bits per heavy atom. The van der Waals surface area contributed by atoms with Gasteiger partial charge in [-0.15, -0.1) is 6.54 Å². The molecule has 1 aliphatic rings. The Bertz CT molecular complexity index is 2350. The highest BCUT2D eigenvalue weighted by Crippen LogP contribution is 2.44. The highest BCUT2D eigenvalue weighted by Gasteiger charge is 2.24. The molecule has 1 aliphatic heterocycles. The van der Waals surface area contributed by atoms with Gasteiger partial charge in [0.05, 0.1) is 22.2 Å². The van der Waals surface area contributed by atoms with Gasteiger partial charge in [-0.2, -0.15) is 6.20 Å². The molecule has 9 rings (SSSR count). The van der Waals surface area contributed by atoms with E-state index in [-0.39, 0.29) is 0 Å². The van der Waals surface area contributed by atoms with E-state index >= 15 is 0 Å². The van der Waals surface area contributed by atoms with Gasteiger partial charge in [0.2, 0.25) is 0 Å². The van der Waals surface area contributed by atoms with Gasteiger partial charge in [-0.05, 0) is 58.3 Å². The first-order chi connectivity index (χ1) is 20.9. The van der Waals surface area contributed by atoms with Crippen molar-refractivity contribution in [1.82, 2.24) is 9.13 Å². The van der Waals surface area contributed by atoms with Crippen LogP contribution in [0.4, 0.5) is 0 Å². The molecule has 3 heterocycles. The van der Waals surface area contributed by atoms with Gasteiger partial charge in [-0.1, -0.05) is 103 Å². The topological polar surface area (TPSA) is 24.0 Å². The number of hydrogen-bond donors (Lipinski definition) is 0. The number of aromatic nitrogens is 2. The van der Waals surface area contributed by atoms with Crippen molar-refractivity contribution < 1.29 is 0 Å². The first-order valence-corrected chi connectivity index (χ1v) is 14.4. The zero-order valence-electron chi connectivity index (χ0n) is 22.9. The molecular weight excluding hydrogens is 510 g/mol. The van der Waals surface area contributed by atoms with Crippen molar-refractivity contribution in [1.29, 1.82) is 0 Å². The zero-order chi connectivity index (χ0) is 27.6. The van der Waals surface area contributed by atoms with Crippen molar-refractivity contribution in [3.8, 4) is 11.4 Å². The summed E-state index contributed by atoms with van der Waals surface area (Å²) in [4.78, 5) is 0. The van der Waals surface area contributed by atoms with Gasteiger partial charge >= 0.3 is 0 Å². The summed E-state index contributed by atoms with van der Waals surface area (Å²) in [6.07, 6.45) is 2.10. The monoisotopic (exact) mass is 536 g/mol. The molecule has 3 heteroatoms. The van der Waals surface area contributed by atoms with Gasteiger partial charge in [0.15, 0.2) is 0 Å². The zero-order valence-corrected chi connectivity index (χ0v) is 22.9. The van der Waals surface area contributed by atoms with Gasteiger partial charge in [0.1, 0.15) is 0 Å². The van der Waals surface area contributed by atoms with Crippen molar-refractivity contribution >= 4 is 49.1 Å². The highest BCUT2D eigenvalue weighted by molar-refractivity contribution is 6.14. The van der Waals surface area contributed by atoms with E-state index in [0.29, 0.717) is 6.54 Å². The van der Waals surface area contributed by atoms with Crippen molar-refractivity contribution in [3.63, 3.8) is 0 Å². The summed E-state index contributed by atoms with van der Waals surface area (Å²) in [6.45, 7) is 0.669. The van der Waals surface area contributed by atoms with Crippen LogP contribution >= 0.6 is 0 Å². The maximum absolute atomic E-state index is 4.95. The molecule has 0 radical (unpaired) electrons. The van der Waals surface area contributed by atoms with Crippen LogP contribution in [-0.4, -0.2) is 9.13 Å². The van der Waals surface area contributed by atoms with Gasteiger partial charge < -0.3 is 14.5 Å². The summed E-state index contributed by atoms with van der Waals surface area (Å²) in [5.41, 5.74) is 10.7. The van der Waals surface area contributed by atoms with E-state index in [0.717, 1.165) is 16.9 Å². The Labute approximate surface area is 243 Å². The molecule has 0 aliphatic carbocycles. The molecule has 0 saturated carbocycles. The minimum absolute atomic E-state index is 0.669. The van der Waals surface area contributed by atoms with Gasteiger partial charge in [0, 0.05) is 33.1 Å². The van der Waals surface area contributed by atoms with E-state index < -0.39 is 0 Å². The minimum Gasteiger partial charge on any atom is -0.686 e. The van der Waals surface area contributed by atoms with Crippen LogP contribution < -0.4 is 0 Å². The Balaban J connectivity index is 1.39. The van der Waals surface area contributed by atoms with E-state index in [1.807, 2.05) is 0 Å². The number of nitrogens with zero attached hydrogens (tertiary/aromatic N) is 3. The number of rotatable bonds is 3. The summed E-state index contributed by atoms with van der Waals surface area (Å²) >= 11 is 0. The van der Waals surface area contributed by atoms with Crippen LogP contribution in [0.5, 0.6) is 0 Å². The predicted molar refractivity (Wildman–Crippen MR) is 176 cm³/mol. The van der Waals surface area contributed by atoms with Crippen molar-refractivity contribution in [2.24, 2.45) is 0 Å². The van der Waals surface area contributed by atoms with E-state index in [1.165, 1.54) is 60.3 Å². The van der Waals surface area contributed by atoms with E-state index in [2.05, 4.69) is 155 Å². The third-order valence-corrected chi connectivity index (χ3v) is 8.69. The molecule has 2 aromatic heterocycles. The second-order valence-electron chi connectivity index (χ2n) is 11.0. The van der Waals surface area contributed by atoms with Gasteiger partial charge in [-0.3, -0.25) is 0 Å². The first-order valence-electron chi connectivity index (χ1n) is 14.4. The Hall–Kier alpha value is -5.54. The van der Waals surface area contributed by atoms with Crippen LogP contribution in [-0.2, 0) is 6.54 Å². The molecule has 0 unspecified atom stereocenters. The molecule has 198 valence electrons. The molecule has 8 aromatic rings. The molecule has 0 saturated heterocycles. The average Bonchev–Trinajstić information content (AvgIpc) is 3.58. The molecule has 6 aromatic carbocycles. The van der Waals surface area contributed by atoms with Gasteiger partial charge in [0.25, 0.3) is 0 Å². The lowest BCUT2D eigenvalue weighted by Gasteiger charge is -2.28. The Kier molecular flexibility index (Phi) is 4.96. The lowest BCUT2D eigenvalue weighted by molar-refractivity contribution is 1.05. The normalized spacial score (nSPS) is 13.0. The Morgan fingerprint density at radius 2 is 1.19 bits per heavy atom. The van der Waals surface area contributed by atoms with Crippen LogP contribution in [0.15, 0.2) is 146 Å². The standard InChI is InChI=1S/C39H26N3/c1-2-13-28(14-3-1)41-37-20-9-7-16-31(37)34-24-40-25-35(39(34)41)33-18-10-17-32-30-15-6-8-19-36(30)42(38(32)33)29-22-21-26-11-4-5-12-27(26)23-29/h1-23,25H,24H2/q-1. The quantitative estimate of drug-likeness (QED) is 0.215. The third-order valence-electron chi connectivity index (χ3n) is 8.69. The predicted octanol–water partition coefficient (Wildman–Crippen LogP) is 10.2.